The molecule has 1 aliphatic heterocycles. The standard InChI is InChI=1S/C16H24N2O2/c1-11-9-12(2)15(17)10-14(11)16(20)18-7-3-5-13(18)6-4-8-19/h9-10,13,19H,3-8,17H2,1-2H3. The van der Waals surface area contributed by atoms with Gasteiger partial charge < -0.3 is 15.7 Å². The van der Waals surface area contributed by atoms with Gasteiger partial charge in [-0.1, -0.05) is 6.07 Å². The lowest BCUT2D eigenvalue weighted by Gasteiger charge is -2.25. The molecule has 1 amide bonds. The van der Waals surface area contributed by atoms with E-state index in [1.165, 1.54) is 0 Å². The lowest BCUT2D eigenvalue weighted by atomic mass is 10.0. The molecule has 0 spiro atoms. The molecule has 20 heavy (non-hydrogen) atoms. The van der Waals surface area contributed by atoms with Gasteiger partial charge >= 0.3 is 0 Å². The minimum absolute atomic E-state index is 0.0784. The van der Waals surface area contributed by atoms with Gasteiger partial charge in [-0.2, -0.15) is 0 Å². The van der Waals surface area contributed by atoms with E-state index in [1.807, 2.05) is 24.8 Å². The number of carbonyl (C=O) groups excluding carboxylic acids is 1. The minimum atomic E-state index is 0.0784. The van der Waals surface area contributed by atoms with E-state index in [4.69, 9.17) is 10.8 Å². The number of benzene rings is 1. The second-order valence-electron chi connectivity index (χ2n) is 5.68. The number of carbonyl (C=O) groups is 1. The topological polar surface area (TPSA) is 66.6 Å². The number of nitrogens with two attached hydrogens (primary N) is 1. The van der Waals surface area contributed by atoms with Gasteiger partial charge in [0.05, 0.1) is 0 Å². The van der Waals surface area contributed by atoms with Gasteiger partial charge in [0.25, 0.3) is 5.91 Å². The summed E-state index contributed by atoms with van der Waals surface area (Å²) in [5, 5.41) is 8.96. The molecule has 1 atom stereocenters. The molecule has 4 nitrogen and oxygen atoms in total. The molecular formula is C16H24N2O2. The van der Waals surface area contributed by atoms with E-state index in [2.05, 4.69) is 0 Å². The number of aryl methyl sites for hydroxylation is 2. The van der Waals surface area contributed by atoms with Gasteiger partial charge in [-0.05, 0) is 56.7 Å². The number of hydrogen-bond acceptors (Lipinski definition) is 3. The highest BCUT2D eigenvalue weighted by Crippen LogP contribution is 2.26. The molecule has 1 saturated heterocycles. The van der Waals surface area contributed by atoms with Crippen molar-refractivity contribution in [2.75, 3.05) is 18.9 Å². The minimum Gasteiger partial charge on any atom is -0.398 e. The largest absolute Gasteiger partial charge is 0.398 e. The van der Waals surface area contributed by atoms with Gasteiger partial charge in [-0.25, -0.2) is 0 Å². The van der Waals surface area contributed by atoms with Crippen molar-refractivity contribution in [3.8, 4) is 0 Å². The molecule has 4 heteroatoms. The quantitative estimate of drug-likeness (QED) is 0.829. The molecule has 0 aromatic heterocycles. The maximum atomic E-state index is 12.7. The number of amides is 1. The highest BCUT2D eigenvalue weighted by molar-refractivity contribution is 5.97. The normalized spacial score (nSPS) is 18.6. The highest BCUT2D eigenvalue weighted by Gasteiger charge is 2.29. The molecule has 1 aromatic carbocycles. The van der Waals surface area contributed by atoms with E-state index in [0.29, 0.717) is 11.3 Å². The Labute approximate surface area is 120 Å². The van der Waals surface area contributed by atoms with Crippen molar-refractivity contribution in [1.82, 2.24) is 4.90 Å². The molecule has 0 saturated carbocycles. The van der Waals surface area contributed by atoms with Crippen molar-refractivity contribution in [1.29, 1.82) is 0 Å². The average Bonchev–Trinajstić information content (AvgIpc) is 2.88. The fourth-order valence-electron chi connectivity index (χ4n) is 2.98. The summed E-state index contributed by atoms with van der Waals surface area (Å²) < 4.78 is 0. The third-order valence-corrected chi connectivity index (χ3v) is 4.18. The van der Waals surface area contributed by atoms with Gasteiger partial charge in [-0.15, -0.1) is 0 Å². The number of aliphatic hydroxyl groups is 1. The van der Waals surface area contributed by atoms with Crippen LogP contribution < -0.4 is 5.73 Å². The first-order valence-electron chi connectivity index (χ1n) is 7.33. The van der Waals surface area contributed by atoms with Crippen LogP contribution in [0.1, 0.15) is 47.2 Å². The lowest BCUT2D eigenvalue weighted by molar-refractivity contribution is 0.0724. The lowest BCUT2D eigenvalue weighted by Crippen LogP contribution is -2.36. The summed E-state index contributed by atoms with van der Waals surface area (Å²) in [7, 11) is 0. The molecule has 0 bridgehead atoms. The van der Waals surface area contributed by atoms with E-state index in [0.717, 1.165) is 43.4 Å². The number of anilines is 1. The zero-order chi connectivity index (χ0) is 14.7. The van der Waals surface area contributed by atoms with Crippen LogP contribution in [0.5, 0.6) is 0 Å². The first kappa shape index (κ1) is 14.9. The molecular weight excluding hydrogens is 252 g/mol. The van der Waals surface area contributed by atoms with Crippen LogP contribution in [0.4, 0.5) is 5.69 Å². The number of rotatable bonds is 4. The van der Waals surface area contributed by atoms with Crippen molar-refractivity contribution in [3.05, 3.63) is 28.8 Å². The molecule has 0 radical (unpaired) electrons. The smallest absolute Gasteiger partial charge is 0.254 e. The number of aliphatic hydroxyl groups excluding tert-OH is 1. The van der Waals surface area contributed by atoms with Crippen molar-refractivity contribution in [2.45, 2.75) is 45.6 Å². The van der Waals surface area contributed by atoms with E-state index >= 15 is 0 Å². The van der Waals surface area contributed by atoms with Crippen LogP contribution in [-0.4, -0.2) is 35.1 Å². The van der Waals surface area contributed by atoms with Gasteiger partial charge in [0, 0.05) is 30.4 Å². The molecule has 0 aliphatic carbocycles. The predicted octanol–water partition coefficient (Wildman–Crippen LogP) is 2.26. The Kier molecular flexibility index (Phi) is 4.65. The maximum absolute atomic E-state index is 12.7. The third kappa shape index (κ3) is 2.96. The van der Waals surface area contributed by atoms with E-state index < -0.39 is 0 Å². The molecule has 1 aromatic rings. The first-order valence-corrected chi connectivity index (χ1v) is 7.33. The Bertz CT molecular complexity index is 499. The molecule has 1 aliphatic rings. The monoisotopic (exact) mass is 276 g/mol. The number of likely N-dealkylation sites (tertiary alicyclic amines) is 1. The molecule has 3 N–H and O–H groups in total. The van der Waals surface area contributed by atoms with Crippen LogP contribution in [0.2, 0.25) is 0 Å². The summed E-state index contributed by atoms with van der Waals surface area (Å²) in [6.45, 7) is 4.91. The Morgan fingerprint density at radius 3 is 2.85 bits per heavy atom. The molecule has 1 unspecified atom stereocenters. The fraction of sp³-hybridized carbons (Fsp3) is 0.562. The summed E-state index contributed by atoms with van der Waals surface area (Å²) in [6.07, 6.45) is 3.71. The summed E-state index contributed by atoms with van der Waals surface area (Å²) >= 11 is 0. The number of nitrogens with zero attached hydrogens (tertiary/aromatic N) is 1. The van der Waals surface area contributed by atoms with Gasteiger partial charge in [-0.3, -0.25) is 4.79 Å². The first-order chi connectivity index (χ1) is 9.54. The Hall–Kier alpha value is -1.55. The molecule has 2 rings (SSSR count). The fourth-order valence-corrected chi connectivity index (χ4v) is 2.98. The van der Waals surface area contributed by atoms with Crippen LogP contribution in [0.15, 0.2) is 12.1 Å². The van der Waals surface area contributed by atoms with Crippen LogP contribution in [0.25, 0.3) is 0 Å². The van der Waals surface area contributed by atoms with Gasteiger partial charge in [0.2, 0.25) is 0 Å². The Morgan fingerprint density at radius 2 is 2.15 bits per heavy atom. The summed E-state index contributed by atoms with van der Waals surface area (Å²) in [5.74, 6) is 0.0784. The van der Waals surface area contributed by atoms with E-state index in [-0.39, 0.29) is 18.6 Å². The number of hydrogen-bond donors (Lipinski definition) is 2. The molecule has 110 valence electrons. The summed E-state index contributed by atoms with van der Waals surface area (Å²) in [6, 6.07) is 4.03. The molecule has 1 heterocycles. The van der Waals surface area contributed by atoms with Crippen molar-refractivity contribution in [2.24, 2.45) is 0 Å². The van der Waals surface area contributed by atoms with E-state index in [1.54, 1.807) is 6.07 Å². The van der Waals surface area contributed by atoms with Crippen molar-refractivity contribution >= 4 is 11.6 Å². The van der Waals surface area contributed by atoms with Crippen LogP contribution in [-0.2, 0) is 0 Å². The summed E-state index contributed by atoms with van der Waals surface area (Å²) in [4.78, 5) is 14.7. The van der Waals surface area contributed by atoms with Crippen LogP contribution >= 0.6 is 0 Å². The Morgan fingerprint density at radius 1 is 1.40 bits per heavy atom. The highest BCUT2D eigenvalue weighted by atomic mass is 16.3. The zero-order valence-corrected chi connectivity index (χ0v) is 12.4. The van der Waals surface area contributed by atoms with Crippen molar-refractivity contribution < 1.29 is 9.90 Å². The average molecular weight is 276 g/mol. The number of nitrogen functional groups attached to an aromatic ring is 1. The second kappa shape index (κ2) is 6.27. The Balaban J connectivity index is 2.20. The van der Waals surface area contributed by atoms with Crippen LogP contribution in [0, 0.1) is 13.8 Å². The van der Waals surface area contributed by atoms with Crippen LogP contribution in [0.3, 0.4) is 0 Å². The maximum Gasteiger partial charge on any atom is 0.254 e. The van der Waals surface area contributed by atoms with Crippen molar-refractivity contribution in [3.63, 3.8) is 0 Å². The zero-order valence-electron chi connectivity index (χ0n) is 12.4. The summed E-state index contributed by atoms with van der Waals surface area (Å²) in [5.41, 5.74) is 9.31. The van der Waals surface area contributed by atoms with E-state index in [9.17, 15) is 4.79 Å². The van der Waals surface area contributed by atoms with Gasteiger partial charge in [0.1, 0.15) is 0 Å². The van der Waals surface area contributed by atoms with Gasteiger partial charge in [0.15, 0.2) is 0 Å². The molecule has 1 fully saturated rings. The third-order valence-electron chi connectivity index (χ3n) is 4.18. The predicted molar refractivity (Wildman–Crippen MR) is 80.7 cm³/mol. The second-order valence-corrected chi connectivity index (χ2v) is 5.68. The SMILES string of the molecule is Cc1cc(C)c(C(=O)N2CCCC2CCCO)cc1N.